The summed E-state index contributed by atoms with van der Waals surface area (Å²) in [4.78, 5) is 18.3. The Bertz CT molecular complexity index is 732. The Hall–Kier alpha value is -2.31. The average molecular weight is 320 g/mol. The van der Waals surface area contributed by atoms with Crippen LogP contribution in [-0.2, 0) is 4.79 Å². The van der Waals surface area contributed by atoms with Gasteiger partial charge in [0.2, 0.25) is 5.91 Å². The van der Waals surface area contributed by atoms with E-state index in [1.165, 1.54) is 25.1 Å². The molecule has 23 heavy (non-hydrogen) atoms. The van der Waals surface area contributed by atoms with Gasteiger partial charge in [-0.3, -0.25) is 4.79 Å². The zero-order valence-corrected chi connectivity index (χ0v) is 13.3. The molecule has 0 spiro atoms. The van der Waals surface area contributed by atoms with Crippen LogP contribution < -0.4 is 0 Å². The molecule has 1 aliphatic rings. The van der Waals surface area contributed by atoms with Gasteiger partial charge in [-0.25, -0.2) is 18.4 Å². The van der Waals surface area contributed by atoms with Gasteiger partial charge in [-0.2, -0.15) is 5.10 Å². The predicted molar refractivity (Wildman–Crippen MR) is 79.9 cm³/mol. The molecule has 0 aliphatic carbocycles. The molecule has 122 valence electrons. The predicted octanol–water partition coefficient (Wildman–Crippen LogP) is 2.36. The van der Waals surface area contributed by atoms with E-state index in [0.717, 1.165) is 5.82 Å². The summed E-state index contributed by atoms with van der Waals surface area (Å²) in [5.74, 6) is -1.02. The quantitative estimate of drug-likeness (QED) is 0.872. The molecule has 0 saturated carbocycles. The van der Waals surface area contributed by atoms with E-state index in [-0.39, 0.29) is 17.5 Å². The van der Waals surface area contributed by atoms with Gasteiger partial charge < -0.3 is 4.90 Å². The third-order valence-corrected chi connectivity index (χ3v) is 4.23. The van der Waals surface area contributed by atoms with E-state index in [0.29, 0.717) is 18.9 Å². The third kappa shape index (κ3) is 2.71. The second-order valence-electron chi connectivity index (χ2n) is 5.90. The van der Waals surface area contributed by atoms with Gasteiger partial charge in [-0.1, -0.05) is 6.07 Å². The van der Waals surface area contributed by atoms with E-state index in [1.807, 2.05) is 13.8 Å². The van der Waals surface area contributed by atoms with E-state index < -0.39 is 17.6 Å². The summed E-state index contributed by atoms with van der Waals surface area (Å²) in [6.45, 7) is 6.16. The van der Waals surface area contributed by atoms with Crippen molar-refractivity contribution < 1.29 is 13.6 Å². The fourth-order valence-corrected chi connectivity index (χ4v) is 2.99. The summed E-state index contributed by atoms with van der Waals surface area (Å²) in [6.07, 6.45) is 0. The summed E-state index contributed by atoms with van der Waals surface area (Å²) in [5.41, 5.74) is -0.172. The van der Waals surface area contributed by atoms with Crippen LogP contribution in [0.5, 0.6) is 0 Å². The molecule has 5 nitrogen and oxygen atoms in total. The standard InChI is InChI=1S/C16H18F2N4O/c1-9(15-13(17)5-4-6-14(15)18)16(23)21-7-12(8-21)22-11(3)19-10(2)20-22/h4-6,9,12H,7-8H2,1-3H3. The lowest BCUT2D eigenvalue weighted by Gasteiger charge is -2.40. The topological polar surface area (TPSA) is 51.0 Å². The van der Waals surface area contributed by atoms with Crippen LogP contribution in [0, 0.1) is 25.5 Å². The number of carbonyl (C=O) groups is 1. The minimum atomic E-state index is -0.851. The Morgan fingerprint density at radius 1 is 1.26 bits per heavy atom. The molecule has 2 heterocycles. The molecule has 2 aromatic rings. The Labute approximate surface area is 132 Å². The van der Waals surface area contributed by atoms with Crippen LogP contribution in [-0.4, -0.2) is 38.7 Å². The molecule has 1 unspecified atom stereocenters. The first-order chi connectivity index (χ1) is 10.9. The summed E-state index contributed by atoms with van der Waals surface area (Å²) < 4.78 is 29.4. The van der Waals surface area contributed by atoms with Crippen molar-refractivity contribution in [3.63, 3.8) is 0 Å². The van der Waals surface area contributed by atoms with Crippen molar-refractivity contribution in [1.82, 2.24) is 19.7 Å². The minimum absolute atomic E-state index is 0.0674. The van der Waals surface area contributed by atoms with Crippen LogP contribution in [0.15, 0.2) is 18.2 Å². The number of hydrogen-bond acceptors (Lipinski definition) is 3. The van der Waals surface area contributed by atoms with Gasteiger partial charge in [-0.05, 0) is 32.9 Å². The molecular formula is C16H18F2N4O. The highest BCUT2D eigenvalue weighted by Crippen LogP contribution is 2.29. The van der Waals surface area contributed by atoms with Crippen LogP contribution >= 0.6 is 0 Å². The van der Waals surface area contributed by atoms with E-state index in [2.05, 4.69) is 10.1 Å². The van der Waals surface area contributed by atoms with Gasteiger partial charge in [0, 0.05) is 18.7 Å². The highest BCUT2D eigenvalue weighted by molar-refractivity contribution is 5.84. The molecule has 0 bridgehead atoms. The highest BCUT2D eigenvalue weighted by atomic mass is 19.1. The maximum atomic E-state index is 13.8. The SMILES string of the molecule is Cc1nc(C)n(C2CN(C(=O)C(C)c3c(F)cccc3F)C2)n1. The molecule has 1 aromatic carbocycles. The van der Waals surface area contributed by atoms with Crippen molar-refractivity contribution in [1.29, 1.82) is 0 Å². The van der Waals surface area contributed by atoms with Crippen molar-refractivity contribution in [2.45, 2.75) is 32.7 Å². The molecule has 3 rings (SSSR count). The zero-order valence-electron chi connectivity index (χ0n) is 13.3. The van der Waals surface area contributed by atoms with Gasteiger partial charge in [-0.15, -0.1) is 0 Å². The zero-order chi connectivity index (χ0) is 16.7. The van der Waals surface area contributed by atoms with E-state index in [4.69, 9.17) is 0 Å². The number of likely N-dealkylation sites (tertiary alicyclic amines) is 1. The van der Waals surface area contributed by atoms with Gasteiger partial charge in [0.1, 0.15) is 23.3 Å². The summed E-state index contributed by atoms with van der Waals surface area (Å²) in [7, 11) is 0. The van der Waals surface area contributed by atoms with E-state index >= 15 is 0 Å². The Kier molecular flexibility index (Phi) is 3.87. The van der Waals surface area contributed by atoms with E-state index in [1.54, 1.807) is 9.58 Å². The number of rotatable bonds is 3. The van der Waals surface area contributed by atoms with Crippen molar-refractivity contribution in [3.8, 4) is 0 Å². The second kappa shape index (κ2) is 5.72. The normalized spacial score (nSPS) is 16.3. The van der Waals surface area contributed by atoms with Gasteiger partial charge in [0.05, 0.1) is 12.0 Å². The van der Waals surface area contributed by atoms with Crippen LogP contribution in [0.3, 0.4) is 0 Å². The van der Waals surface area contributed by atoms with Gasteiger partial charge in [0.25, 0.3) is 0 Å². The number of aryl methyl sites for hydroxylation is 2. The maximum absolute atomic E-state index is 13.8. The lowest BCUT2D eigenvalue weighted by molar-refractivity contribution is -0.138. The van der Waals surface area contributed by atoms with Crippen LogP contribution in [0.1, 0.15) is 36.1 Å². The Balaban J connectivity index is 1.70. The van der Waals surface area contributed by atoms with Crippen LogP contribution in [0.2, 0.25) is 0 Å². The maximum Gasteiger partial charge on any atom is 0.230 e. The molecule has 1 amide bonds. The minimum Gasteiger partial charge on any atom is -0.338 e. The molecule has 0 radical (unpaired) electrons. The molecule has 1 fully saturated rings. The van der Waals surface area contributed by atoms with Crippen LogP contribution in [0.4, 0.5) is 8.78 Å². The summed E-state index contributed by atoms with van der Waals surface area (Å²) in [6, 6.07) is 3.70. The van der Waals surface area contributed by atoms with Crippen molar-refractivity contribution in [3.05, 3.63) is 47.0 Å². The van der Waals surface area contributed by atoms with Crippen molar-refractivity contribution in [2.24, 2.45) is 0 Å². The third-order valence-electron chi connectivity index (χ3n) is 4.23. The van der Waals surface area contributed by atoms with Gasteiger partial charge in [0.15, 0.2) is 0 Å². The van der Waals surface area contributed by atoms with Crippen molar-refractivity contribution >= 4 is 5.91 Å². The number of hydrogen-bond donors (Lipinski definition) is 0. The largest absolute Gasteiger partial charge is 0.338 e. The smallest absolute Gasteiger partial charge is 0.230 e. The fraction of sp³-hybridized carbons (Fsp3) is 0.438. The number of halogens is 2. The molecule has 0 N–H and O–H groups in total. The molecule has 1 atom stereocenters. The lowest BCUT2D eigenvalue weighted by atomic mass is 9.96. The summed E-state index contributed by atoms with van der Waals surface area (Å²) in [5, 5.41) is 4.30. The number of nitrogens with zero attached hydrogens (tertiary/aromatic N) is 4. The first-order valence-electron chi connectivity index (χ1n) is 7.51. The monoisotopic (exact) mass is 320 g/mol. The molecule has 1 aromatic heterocycles. The summed E-state index contributed by atoms with van der Waals surface area (Å²) >= 11 is 0. The van der Waals surface area contributed by atoms with Crippen LogP contribution in [0.25, 0.3) is 0 Å². The molecule has 1 aliphatic heterocycles. The number of aromatic nitrogens is 3. The lowest BCUT2D eigenvalue weighted by Crippen LogP contribution is -2.52. The molecule has 7 heteroatoms. The first-order valence-corrected chi connectivity index (χ1v) is 7.51. The Morgan fingerprint density at radius 2 is 1.87 bits per heavy atom. The fourth-order valence-electron chi connectivity index (χ4n) is 2.99. The molecular weight excluding hydrogens is 302 g/mol. The van der Waals surface area contributed by atoms with Crippen molar-refractivity contribution in [2.75, 3.05) is 13.1 Å². The number of amides is 1. The number of benzene rings is 1. The highest BCUT2D eigenvalue weighted by Gasteiger charge is 2.37. The van der Waals surface area contributed by atoms with Gasteiger partial charge >= 0.3 is 0 Å². The Morgan fingerprint density at radius 3 is 2.39 bits per heavy atom. The number of carbonyl (C=O) groups excluding carboxylic acids is 1. The van der Waals surface area contributed by atoms with E-state index in [9.17, 15) is 13.6 Å². The average Bonchev–Trinajstić information content (AvgIpc) is 2.75. The first kappa shape index (κ1) is 15.6. The molecule has 1 saturated heterocycles. The second-order valence-corrected chi connectivity index (χ2v) is 5.90.